The predicted molar refractivity (Wildman–Crippen MR) is 81.0 cm³/mol. The number of likely N-dealkylation sites (tertiary alicyclic amines) is 1. The summed E-state index contributed by atoms with van der Waals surface area (Å²) in [5.41, 5.74) is -0.591. The van der Waals surface area contributed by atoms with Gasteiger partial charge in [-0.2, -0.15) is 0 Å². The molecule has 1 aromatic carbocycles. The first-order valence-electron chi connectivity index (χ1n) is 7.50. The lowest BCUT2D eigenvalue weighted by molar-refractivity contribution is -0.136. The standard InChI is InChI=1S/C16H20N2O4/c1-16(2)15(21)18(10-14(20)17-7-3-4-8-17)12-9-11(19)5-6-13(12)22-16/h5-6,9,19H,3-4,7-8,10H2,1-2H3. The Morgan fingerprint density at radius 1 is 1.32 bits per heavy atom. The molecule has 6 nitrogen and oxygen atoms in total. The zero-order valence-corrected chi connectivity index (χ0v) is 12.8. The Morgan fingerprint density at radius 2 is 2.00 bits per heavy atom. The fourth-order valence-electron chi connectivity index (χ4n) is 2.91. The number of carbonyl (C=O) groups excluding carboxylic acids is 2. The predicted octanol–water partition coefficient (Wildman–Crippen LogP) is 1.52. The first-order chi connectivity index (χ1) is 10.4. The Hall–Kier alpha value is -2.24. The number of nitrogens with zero attached hydrogens (tertiary/aromatic N) is 2. The molecular weight excluding hydrogens is 284 g/mol. The van der Waals surface area contributed by atoms with Gasteiger partial charge in [-0.3, -0.25) is 14.5 Å². The van der Waals surface area contributed by atoms with E-state index in [0.29, 0.717) is 11.4 Å². The van der Waals surface area contributed by atoms with Crippen LogP contribution in [0.3, 0.4) is 0 Å². The molecule has 0 aromatic heterocycles. The summed E-state index contributed by atoms with van der Waals surface area (Å²) in [6.45, 7) is 4.82. The highest BCUT2D eigenvalue weighted by Gasteiger charge is 2.42. The average molecular weight is 304 g/mol. The van der Waals surface area contributed by atoms with Gasteiger partial charge in [0.15, 0.2) is 5.60 Å². The van der Waals surface area contributed by atoms with Crippen LogP contribution >= 0.6 is 0 Å². The molecule has 2 amide bonds. The van der Waals surface area contributed by atoms with E-state index in [1.54, 1.807) is 24.8 Å². The number of ether oxygens (including phenoxy) is 1. The zero-order valence-electron chi connectivity index (χ0n) is 12.8. The molecule has 0 radical (unpaired) electrons. The molecule has 118 valence electrons. The minimum atomic E-state index is -1.03. The van der Waals surface area contributed by atoms with Gasteiger partial charge in [0.25, 0.3) is 5.91 Å². The minimum absolute atomic E-state index is 0.0257. The Bertz CT molecular complexity index is 621. The second-order valence-electron chi connectivity index (χ2n) is 6.24. The molecule has 0 bridgehead atoms. The lowest BCUT2D eigenvalue weighted by Crippen LogP contribution is -2.55. The minimum Gasteiger partial charge on any atom is -0.508 e. The summed E-state index contributed by atoms with van der Waals surface area (Å²) < 4.78 is 5.70. The quantitative estimate of drug-likeness (QED) is 0.899. The number of amides is 2. The number of hydrogen-bond donors (Lipinski definition) is 1. The van der Waals surface area contributed by atoms with Gasteiger partial charge in [0.05, 0.1) is 5.69 Å². The van der Waals surface area contributed by atoms with Crippen molar-refractivity contribution in [1.82, 2.24) is 4.90 Å². The van der Waals surface area contributed by atoms with E-state index in [1.807, 2.05) is 0 Å². The molecule has 2 aliphatic rings. The average Bonchev–Trinajstić information content (AvgIpc) is 2.99. The largest absolute Gasteiger partial charge is 0.508 e. The van der Waals surface area contributed by atoms with Gasteiger partial charge in [0.2, 0.25) is 5.91 Å². The number of fused-ring (bicyclic) bond motifs is 1. The third kappa shape index (κ3) is 2.49. The van der Waals surface area contributed by atoms with Gasteiger partial charge in [-0.1, -0.05) is 0 Å². The van der Waals surface area contributed by atoms with Crippen molar-refractivity contribution in [3.05, 3.63) is 18.2 Å². The number of phenols is 1. The van der Waals surface area contributed by atoms with Crippen LogP contribution in [-0.2, 0) is 9.59 Å². The summed E-state index contributed by atoms with van der Waals surface area (Å²) in [6, 6.07) is 4.58. The molecule has 6 heteroatoms. The van der Waals surface area contributed by atoms with E-state index in [2.05, 4.69) is 0 Å². The lowest BCUT2D eigenvalue weighted by atomic mass is 10.0. The van der Waals surface area contributed by atoms with E-state index in [-0.39, 0.29) is 24.1 Å². The molecule has 2 heterocycles. The molecule has 0 spiro atoms. The number of carbonyl (C=O) groups is 2. The van der Waals surface area contributed by atoms with E-state index >= 15 is 0 Å². The van der Waals surface area contributed by atoms with Gasteiger partial charge in [-0.15, -0.1) is 0 Å². The Balaban J connectivity index is 1.92. The number of phenolic OH excluding ortho intramolecular Hbond substituents is 1. The highest BCUT2D eigenvalue weighted by atomic mass is 16.5. The van der Waals surface area contributed by atoms with Gasteiger partial charge in [0.1, 0.15) is 18.0 Å². The maximum absolute atomic E-state index is 12.6. The third-order valence-corrected chi connectivity index (χ3v) is 4.11. The molecule has 0 saturated carbocycles. The van der Waals surface area contributed by atoms with Crippen molar-refractivity contribution in [1.29, 1.82) is 0 Å². The summed E-state index contributed by atoms with van der Waals surface area (Å²) in [4.78, 5) is 28.2. The fraction of sp³-hybridized carbons (Fsp3) is 0.500. The van der Waals surface area contributed by atoms with Crippen LogP contribution in [0.4, 0.5) is 5.69 Å². The van der Waals surface area contributed by atoms with Crippen LogP contribution in [0, 0.1) is 0 Å². The van der Waals surface area contributed by atoms with Crippen molar-refractivity contribution in [3.63, 3.8) is 0 Å². The topological polar surface area (TPSA) is 70.1 Å². The summed E-state index contributed by atoms with van der Waals surface area (Å²) >= 11 is 0. The summed E-state index contributed by atoms with van der Waals surface area (Å²) in [7, 11) is 0. The Labute approximate surface area is 129 Å². The van der Waals surface area contributed by atoms with Gasteiger partial charge in [0, 0.05) is 19.2 Å². The zero-order chi connectivity index (χ0) is 15.9. The van der Waals surface area contributed by atoms with Crippen LogP contribution in [0.15, 0.2) is 18.2 Å². The first-order valence-corrected chi connectivity index (χ1v) is 7.50. The van der Waals surface area contributed by atoms with Crippen molar-refractivity contribution in [2.24, 2.45) is 0 Å². The van der Waals surface area contributed by atoms with Gasteiger partial charge in [-0.25, -0.2) is 0 Å². The van der Waals surface area contributed by atoms with Gasteiger partial charge >= 0.3 is 0 Å². The molecule has 1 N–H and O–H groups in total. The Morgan fingerprint density at radius 3 is 2.68 bits per heavy atom. The van der Waals surface area contributed by atoms with E-state index in [9.17, 15) is 14.7 Å². The van der Waals surface area contributed by atoms with Crippen LogP contribution in [-0.4, -0.2) is 47.1 Å². The summed E-state index contributed by atoms with van der Waals surface area (Å²) in [5, 5.41) is 9.68. The number of benzene rings is 1. The normalized spacial score (nSPS) is 19.8. The van der Waals surface area contributed by atoms with Crippen molar-refractivity contribution in [2.45, 2.75) is 32.3 Å². The Kier molecular flexibility index (Phi) is 3.47. The second-order valence-corrected chi connectivity index (χ2v) is 6.24. The first kappa shape index (κ1) is 14.7. The number of hydrogen-bond acceptors (Lipinski definition) is 4. The third-order valence-electron chi connectivity index (χ3n) is 4.11. The van der Waals surface area contributed by atoms with E-state index in [1.165, 1.54) is 17.0 Å². The van der Waals surface area contributed by atoms with Crippen molar-refractivity contribution in [3.8, 4) is 11.5 Å². The number of aromatic hydroxyl groups is 1. The van der Waals surface area contributed by atoms with Crippen molar-refractivity contribution < 1.29 is 19.4 Å². The maximum atomic E-state index is 12.6. The van der Waals surface area contributed by atoms with Crippen LogP contribution in [0.1, 0.15) is 26.7 Å². The monoisotopic (exact) mass is 304 g/mol. The van der Waals surface area contributed by atoms with E-state index in [4.69, 9.17) is 4.74 Å². The molecule has 1 aromatic rings. The van der Waals surface area contributed by atoms with Gasteiger partial charge in [-0.05, 0) is 38.8 Å². The highest BCUT2D eigenvalue weighted by Crippen LogP contribution is 2.39. The molecule has 1 fully saturated rings. The molecule has 22 heavy (non-hydrogen) atoms. The number of anilines is 1. The van der Waals surface area contributed by atoms with Gasteiger partial charge < -0.3 is 14.7 Å². The molecule has 3 rings (SSSR count). The smallest absolute Gasteiger partial charge is 0.271 e. The maximum Gasteiger partial charge on any atom is 0.271 e. The molecule has 0 atom stereocenters. The lowest BCUT2D eigenvalue weighted by Gasteiger charge is -2.38. The molecule has 0 unspecified atom stereocenters. The molecule has 0 aliphatic carbocycles. The fourth-order valence-corrected chi connectivity index (χ4v) is 2.91. The van der Waals surface area contributed by atoms with Crippen LogP contribution in [0.5, 0.6) is 11.5 Å². The molecular formula is C16H20N2O4. The highest BCUT2D eigenvalue weighted by molar-refractivity contribution is 6.05. The van der Waals surface area contributed by atoms with Crippen LogP contribution < -0.4 is 9.64 Å². The summed E-state index contributed by atoms with van der Waals surface area (Å²) in [6.07, 6.45) is 2.01. The van der Waals surface area contributed by atoms with E-state index < -0.39 is 5.60 Å². The van der Waals surface area contributed by atoms with E-state index in [0.717, 1.165) is 25.9 Å². The van der Waals surface area contributed by atoms with Crippen LogP contribution in [0.2, 0.25) is 0 Å². The van der Waals surface area contributed by atoms with Crippen LogP contribution in [0.25, 0.3) is 0 Å². The van der Waals surface area contributed by atoms with Crippen molar-refractivity contribution >= 4 is 17.5 Å². The number of rotatable bonds is 2. The second kappa shape index (κ2) is 5.19. The summed E-state index contributed by atoms with van der Waals surface area (Å²) in [5.74, 6) is 0.182. The molecule has 1 saturated heterocycles. The SMILES string of the molecule is CC1(C)Oc2ccc(O)cc2N(CC(=O)N2CCCC2)C1=O. The van der Waals surface area contributed by atoms with Crippen molar-refractivity contribution in [2.75, 3.05) is 24.5 Å². The molecule has 2 aliphatic heterocycles.